The number of hydrogen-bond acceptors (Lipinski definition) is 4. The van der Waals surface area contributed by atoms with E-state index in [9.17, 15) is 19.5 Å². The molecule has 1 atom stereocenters. The number of ether oxygens (including phenoxy) is 1. The van der Waals surface area contributed by atoms with E-state index >= 15 is 0 Å². The predicted molar refractivity (Wildman–Crippen MR) is 119 cm³/mol. The topological polar surface area (TPSA) is 105 Å². The van der Waals surface area contributed by atoms with E-state index < -0.39 is 29.6 Å². The van der Waals surface area contributed by atoms with E-state index in [-0.39, 0.29) is 12.5 Å². The minimum absolute atomic E-state index is 0.0671. The summed E-state index contributed by atoms with van der Waals surface area (Å²) in [7, 11) is 0. The summed E-state index contributed by atoms with van der Waals surface area (Å²) >= 11 is 0. The van der Waals surface area contributed by atoms with Crippen molar-refractivity contribution in [2.45, 2.75) is 56.5 Å². The Labute approximate surface area is 187 Å². The fourth-order valence-electron chi connectivity index (χ4n) is 4.33. The fourth-order valence-corrected chi connectivity index (χ4v) is 4.33. The van der Waals surface area contributed by atoms with Crippen LogP contribution in [0.15, 0.2) is 48.5 Å². The summed E-state index contributed by atoms with van der Waals surface area (Å²) in [6.45, 7) is 2.12. The van der Waals surface area contributed by atoms with Crippen molar-refractivity contribution in [1.82, 2.24) is 10.6 Å². The molecule has 2 aromatic rings. The Balaban J connectivity index is 1.37. The molecule has 7 nitrogen and oxygen atoms in total. The third-order valence-electron chi connectivity index (χ3n) is 6.32. The lowest BCUT2D eigenvalue weighted by molar-refractivity contribution is -0.142. The third-order valence-corrected chi connectivity index (χ3v) is 6.32. The van der Waals surface area contributed by atoms with Crippen LogP contribution in [-0.4, -0.2) is 41.3 Å². The zero-order valence-corrected chi connectivity index (χ0v) is 18.1. The number of carbonyl (C=O) groups excluding carboxylic acids is 2. The number of aliphatic carboxylic acids is 1. The van der Waals surface area contributed by atoms with Gasteiger partial charge in [-0.25, -0.2) is 9.59 Å². The van der Waals surface area contributed by atoms with Crippen LogP contribution < -0.4 is 10.6 Å². The first-order valence-corrected chi connectivity index (χ1v) is 11.1. The summed E-state index contributed by atoms with van der Waals surface area (Å²) in [4.78, 5) is 36.7. The molecule has 2 aliphatic carbocycles. The van der Waals surface area contributed by atoms with Gasteiger partial charge >= 0.3 is 12.1 Å². The first kappa shape index (κ1) is 21.9. The quantitative estimate of drug-likeness (QED) is 0.554. The summed E-state index contributed by atoms with van der Waals surface area (Å²) in [6, 6.07) is 15.2. The normalized spacial score (nSPS) is 16.4. The van der Waals surface area contributed by atoms with Gasteiger partial charge in [0.05, 0.1) is 0 Å². The molecule has 0 saturated heterocycles. The number of carboxylic acids is 1. The van der Waals surface area contributed by atoms with E-state index in [1.54, 1.807) is 0 Å². The Morgan fingerprint density at radius 3 is 2.19 bits per heavy atom. The molecular formula is C25H28N2O5. The molecule has 4 rings (SSSR count). The standard InChI is InChI=1S/C25H28N2O5/c1-2-3-12-21(22(28)29)26-23(30)25(13-14-25)27-24(31)32-15-20-18-10-6-4-8-16(18)17-9-5-7-11-19(17)20/h4-11,20-21H,2-3,12-15H2,1H3,(H,26,30)(H,27,31)(H,28,29)/t21-/m0/s1. The molecular weight excluding hydrogens is 408 g/mol. The van der Waals surface area contributed by atoms with E-state index in [2.05, 4.69) is 22.8 Å². The van der Waals surface area contributed by atoms with Crippen molar-refractivity contribution < 1.29 is 24.2 Å². The molecule has 168 valence electrons. The van der Waals surface area contributed by atoms with Crippen LogP contribution in [0.25, 0.3) is 11.1 Å². The number of carboxylic acid groups (broad SMARTS) is 1. The maximum Gasteiger partial charge on any atom is 0.408 e. The first-order valence-electron chi connectivity index (χ1n) is 11.1. The maximum absolute atomic E-state index is 12.7. The van der Waals surface area contributed by atoms with Gasteiger partial charge in [-0.2, -0.15) is 0 Å². The van der Waals surface area contributed by atoms with Gasteiger partial charge in [0.15, 0.2) is 0 Å². The van der Waals surface area contributed by atoms with E-state index in [0.29, 0.717) is 25.7 Å². The molecule has 0 unspecified atom stereocenters. The first-order chi connectivity index (χ1) is 15.4. The molecule has 1 saturated carbocycles. The zero-order chi connectivity index (χ0) is 22.7. The van der Waals surface area contributed by atoms with Crippen LogP contribution in [0.5, 0.6) is 0 Å². The second-order valence-corrected chi connectivity index (χ2v) is 8.54. The second kappa shape index (κ2) is 9.02. The van der Waals surface area contributed by atoms with Crippen LogP contribution in [-0.2, 0) is 14.3 Å². The lowest BCUT2D eigenvalue weighted by Gasteiger charge is -2.21. The Bertz CT molecular complexity index is 985. The summed E-state index contributed by atoms with van der Waals surface area (Å²) < 4.78 is 5.54. The Morgan fingerprint density at radius 1 is 1.06 bits per heavy atom. The number of hydrogen-bond donors (Lipinski definition) is 3. The number of amides is 2. The van der Waals surface area contributed by atoms with E-state index in [1.165, 1.54) is 0 Å². The fraction of sp³-hybridized carbons (Fsp3) is 0.400. The summed E-state index contributed by atoms with van der Waals surface area (Å²) in [5.41, 5.74) is 3.42. The SMILES string of the molecule is CCCC[C@H](NC(=O)C1(NC(=O)OCC2c3ccccc3-c3ccccc32)CC1)C(=O)O. The third kappa shape index (κ3) is 4.33. The van der Waals surface area contributed by atoms with Crippen LogP contribution in [0, 0.1) is 0 Å². The molecule has 3 N–H and O–H groups in total. The molecule has 0 heterocycles. The number of benzene rings is 2. The summed E-state index contributed by atoms with van der Waals surface area (Å²) in [5.74, 6) is -1.60. The van der Waals surface area contributed by atoms with Gasteiger partial charge in [0.25, 0.3) is 0 Å². The molecule has 7 heteroatoms. The molecule has 0 radical (unpaired) electrons. The molecule has 2 amide bonds. The maximum atomic E-state index is 12.7. The molecule has 0 spiro atoms. The van der Waals surface area contributed by atoms with Crippen LogP contribution in [0.3, 0.4) is 0 Å². The smallest absolute Gasteiger partial charge is 0.408 e. The number of rotatable bonds is 9. The lowest BCUT2D eigenvalue weighted by atomic mass is 9.98. The monoisotopic (exact) mass is 436 g/mol. The highest BCUT2D eigenvalue weighted by Crippen LogP contribution is 2.44. The van der Waals surface area contributed by atoms with Crippen molar-refractivity contribution in [1.29, 1.82) is 0 Å². The van der Waals surface area contributed by atoms with Gasteiger partial charge < -0.3 is 20.5 Å². The molecule has 0 aliphatic heterocycles. The van der Waals surface area contributed by atoms with Gasteiger partial charge in [-0.1, -0.05) is 68.3 Å². The largest absolute Gasteiger partial charge is 0.480 e. The second-order valence-electron chi connectivity index (χ2n) is 8.54. The predicted octanol–water partition coefficient (Wildman–Crippen LogP) is 3.82. The van der Waals surface area contributed by atoms with Gasteiger partial charge in [-0.15, -0.1) is 0 Å². The molecule has 2 aromatic carbocycles. The minimum atomic E-state index is -1.08. The van der Waals surface area contributed by atoms with Gasteiger partial charge in [0.1, 0.15) is 18.2 Å². The Kier molecular flexibility index (Phi) is 6.17. The van der Waals surface area contributed by atoms with Crippen molar-refractivity contribution in [3.63, 3.8) is 0 Å². The average Bonchev–Trinajstić information content (AvgIpc) is 3.50. The van der Waals surface area contributed by atoms with Crippen molar-refractivity contribution in [3.8, 4) is 11.1 Å². The van der Waals surface area contributed by atoms with Crippen molar-refractivity contribution >= 4 is 18.0 Å². The molecule has 0 bridgehead atoms. The van der Waals surface area contributed by atoms with Crippen LogP contribution in [0.1, 0.15) is 56.1 Å². The van der Waals surface area contributed by atoms with Gasteiger partial charge in [0.2, 0.25) is 5.91 Å². The summed E-state index contributed by atoms with van der Waals surface area (Å²) in [5, 5.41) is 14.6. The number of fused-ring (bicyclic) bond motifs is 3. The lowest BCUT2D eigenvalue weighted by Crippen LogP contribution is -2.53. The molecule has 32 heavy (non-hydrogen) atoms. The Morgan fingerprint density at radius 2 is 1.66 bits per heavy atom. The molecule has 0 aromatic heterocycles. The molecule has 2 aliphatic rings. The van der Waals surface area contributed by atoms with Gasteiger partial charge in [-0.05, 0) is 41.5 Å². The summed E-state index contributed by atoms with van der Waals surface area (Å²) in [6.07, 6.45) is 2.15. The average molecular weight is 437 g/mol. The highest BCUT2D eigenvalue weighted by molar-refractivity contribution is 5.95. The van der Waals surface area contributed by atoms with Crippen LogP contribution >= 0.6 is 0 Å². The van der Waals surface area contributed by atoms with Gasteiger partial charge in [0, 0.05) is 5.92 Å². The number of nitrogens with one attached hydrogen (secondary N) is 2. The number of alkyl carbamates (subject to hydrolysis) is 1. The van der Waals surface area contributed by atoms with Crippen molar-refractivity contribution in [3.05, 3.63) is 59.7 Å². The van der Waals surface area contributed by atoms with E-state index in [4.69, 9.17) is 4.74 Å². The number of unbranched alkanes of at least 4 members (excludes halogenated alkanes) is 1. The van der Waals surface area contributed by atoms with E-state index in [0.717, 1.165) is 28.7 Å². The van der Waals surface area contributed by atoms with Gasteiger partial charge in [-0.3, -0.25) is 4.79 Å². The zero-order valence-electron chi connectivity index (χ0n) is 18.1. The van der Waals surface area contributed by atoms with Crippen LogP contribution in [0.2, 0.25) is 0 Å². The molecule has 1 fully saturated rings. The highest BCUT2D eigenvalue weighted by atomic mass is 16.5. The van der Waals surface area contributed by atoms with Crippen LogP contribution in [0.4, 0.5) is 4.79 Å². The number of carbonyl (C=O) groups is 3. The highest BCUT2D eigenvalue weighted by Gasteiger charge is 2.52. The van der Waals surface area contributed by atoms with Crippen molar-refractivity contribution in [2.24, 2.45) is 0 Å². The van der Waals surface area contributed by atoms with Crippen molar-refractivity contribution in [2.75, 3.05) is 6.61 Å². The Hall–Kier alpha value is -3.35. The van der Waals surface area contributed by atoms with E-state index in [1.807, 2.05) is 43.3 Å². The minimum Gasteiger partial charge on any atom is -0.480 e.